The van der Waals surface area contributed by atoms with Crippen molar-refractivity contribution in [2.45, 2.75) is 19.3 Å². The molecule has 0 amide bonds. The number of rotatable bonds is 2. The number of aliphatic carboxylic acids is 1. The lowest BCUT2D eigenvalue weighted by Gasteiger charge is -2.41. The van der Waals surface area contributed by atoms with E-state index in [1.807, 2.05) is 18.2 Å². The van der Waals surface area contributed by atoms with Crippen LogP contribution in [0.2, 0.25) is 0 Å². The Morgan fingerprint density at radius 2 is 2.12 bits per heavy atom. The molecule has 1 aliphatic carbocycles. The molecule has 1 aromatic carbocycles. The quantitative estimate of drug-likeness (QED) is 0.758. The van der Waals surface area contributed by atoms with Gasteiger partial charge in [0.1, 0.15) is 17.8 Å². The molecule has 6 heteroatoms. The highest BCUT2D eigenvalue weighted by atomic mass is 16.4. The molecule has 1 spiro atoms. The third-order valence-corrected chi connectivity index (χ3v) is 5.87. The van der Waals surface area contributed by atoms with Crippen LogP contribution in [0.5, 0.6) is 0 Å². The number of nitrogens with zero attached hydrogens (tertiary/aromatic N) is 3. The Balaban J connectivity index is 1.66. The second-order valence-corrected chi connectivity index (χ2v) is 7.08. The Bertz CT molecular complexity index is 960. The molecule has 5 rings (SSSR count). The van der Waals surface area contributed by atoms with Crippen molar-refractivity contribution in [2.24, 2.45) is 11.3 Å². The lowest BCUT2D eigenvalue weighted by atomic mass is 9.63. The number of carboxylic acids is 1. The molecule has 0 bridgehead atoms. The van der Waals surface area contributed by atoms with Crippen LogP contribution in [-0.4, -0.2) is 39.1 Å². The van der Waals surface area contributed by atoms with Gasteiger partial charge in [-0.1, -0.05) is 24.6 Å². The van der Waals surface area contributed by atoms with Crippen LogP contribution in [0, 0.1) is 11.3 Å². The van der Waals surface area contributed by atoms with Crippen molar-refractivity contribution < 1.29 is 9.90 Å². The van der Waals surface area contributed by atoms with Gasteiger partial charge in [-0.3, -0.25) is 4.79 Å². The number of hydrogen-bond acceptors (Lipinski definition) is 4. The number of aromatic amines is 1. The summed E-state index contributed by atoms with van der Waals surface area (Å²) in [6.45, 7) is 1.30. The minimum Gasteiger partial charge on any atom is -0.481 e. The number of carbonyl (C=O) groups is 1. The number of para-hydroxylation sites is 1. The van der Waals surface area contributed by atoms with E-state index in [1.165, 1.54) is 0 Å². The number of fused-ring (bicyclic) bond motifs is 3. The van der Waals surface area contributed by atoms with Crippen LogP contribution in [0.3, 0.4) is 0 Å². The summed E-state index contributed by atoms with van der Waals surface area (Å²) in [4.78, 5) is 26.1. The van der Waals surface area contributed by atoms with Crippen molar-refractivity contribution in [1.82, 2.24) is 15.0 Å². The number of carboxylic acid groups (broad SMARTS) is 1. The first-order valence-electron chi connectivity index (χ1n) is 8.37. The maximum atomic E-state index is 11.7. The summed E-state index contributed by atoms with van der Waals surface area (Å²) in [5.74, 6) is -0.129. The molecule has 2 aliphatic rings. The van der Waals surface area contributed by atoms with E-state index in [0.29, 0.717) is 6.54 Å². The van der Waals surface area contributed by atoms with Gasteiger partial charge in [0, 0.05) is 29.4 Å². The molecule has 2 aromatic heterocycles. The van der Waals surface area contributed by atoms with Crippen LogP contribution in [0.25, 0.3) is 21.9 Å². The third-order valence-electron chi connectivity index (χ3n) is 5.87. The first-order valence-corrected chi connectivity index (χ1v) is 8.37. The van der Waals surface area contributed by atoms with Crippen LogP contribution >= 0.6 is 0 Å². The summed E-state index contributed by atoms with van der Waals surface area (Å²) in [5.41, 5.74) is 1.76. The Morgan fingerprint density at radius 3 is 2.83 bits per heavy atom. The van der Waals surface area contributed by atoms with E-state index in [-0.39, 0.29) is 11.3 Å². The molecule has 1 aliphatic heterocycles. The fourth-order valence-corrected chi connectivity index (χ4v) is 4.50. The lowest BCUT2D eigenvalue weighted by Crippen LogP contribution is -2.40. The molecule has 3 heterocycles. The smallest absolute Gasteiger partial charge is 0.308 e. The summed E-state index contributed by atoms with van der Waals surface area (Å²) in [6, 6.07) is 8.08. The molecule has 0 radical (unpaired) electrons. The molecule has 1 atom stereocenters. The normalized spacial score (nSPS) is 22.3. The number of hydrogen-bond donors (Lipinski definition) is 2. The highest BCUT2D eigenvalue weighted by Gasteiger charge is 2.54. The van der Waals surface area contributed by atoms with Gasteiger partial charge in [-0.25, -0.2) is 9.97 Å². The molecule has 24 heavy (non-hydrogen) atoms. The summed E-state index contributed by atoms with van der Waals surface area (Å²) in [7, 11) is 0. The van der Waals surface area contributed by atoms with Crippen LogP contribution < -0.4 is 4.90 Å². The van der Waals surface area contributed by atoms with Crippen LogP contribution in [0.4, 0.5) is 5.82 Å². The third kappa shape index (κ3) is 1.74. The Labute approximate surface area is 138 Å². The molecule has 1 unspecified atom stereocenters. The topological polar surface area (TPSA) is 82.1 Å². The van der Waals surface area contributed by atoms with E-state index >= 15 is 0 Å². The first kappa shape index (κ1) is 13.8. The van der Waals surface area contributed by atoms with Gasteiger partial charge in [-0.05, 0) is 18.9 Å². The van der Waals surface area contributed by atoms with Gasteiger partial charge >= 0.3 is 5.97 Å². The van der Waals surface area contributed by atoms with Gasteiger partial charge in [0.2, 0.25) is 0 Å². The minimum absolute atomic E-state index is 0.0742. The minimum atomic E-state index is -0.679. The largest absolute Gasteiger partial charge is 0.481 e. The van der Waals surface area contributed by atoms with Gasteiger partial charge in [-0.15, -0.1) is 0 Å². The molecule has 2 fully saturated rings. The van der Waals surface area contributed by atoms with Gasteiger partial charge in [-0.2, -0.15) is 0 Å². The van der Waals surface area contributed by atoms with E-state index in [2.05, 4.69) is 25.9 Å². The second kappa shape index (κ2) is 4.69. The van der Waals surface area contributed by atoms with Crippen LogP contribution in [0.1, 0.15) is 19.3 Å². The molecule has 1 saturated carbocycles. The van der Waals surface area contributed by atoms with Crippen molar-refractivity contribution in [3.8, 4) is 0 Å². The van der Waals surface area contributed by atoms with Crippen molar-refractivity contribution in [1.29, 1.82) is 0 Å². The van der Waals surface area contributed by atoms with Crippen molar-refractivity contribution in [2.75, 3.05) is 18.0 Å². The summed E-state index contributed by atoms with van der Waals surface area (Å²) < 4.78 is 0. The van der Waals surface area contributed by atoms with Crippen LogP contribution in [0.15, 0.2) is 30.6 Å². The van der Waals surface area contributed by atoms with Gasteiger partial charge in [0.25, 0.3) is 0 Å². The van der Waals surface area contributed by atoms with Crippen molar-refractivity contribution in [3.63, 3.8) is 0 Å². The zero-order chi connectivity index (χ0) is 16.3. The molecule has 2 N–H and O–H groups in total. The summed E-state index contributed by atoms with van der Waals surface area (Å²) in [6.07, 6.45) is 4.70. The maximum absolute atomic E-state index is 11.7. The monoisotopic (exact) mass is 322 g/mol. The number of nitrogens with one attached hydrogen (secondary N) is 1. The Morgan fingerprint density at radius 1 is 1.29 bits per heavy atom. The van der Waals surface area contributed by atoms with Crippen molar-refractivity contribution >= 4 is 33.7 Å². The highest BCUT2D eigenvalue weighted by molar-refractivity contribution is 6.11. The molecular weight excluding hydrogens is 304 g/mol. The molecule has 1 saturated heterocycles. The number of benzene rings is 1. The average molecular weight is 322 g/mol. The predicted octanol–water partition coefficient (Wildman–Crippen LogP) is 2.80. The van der Waals surface area contributed by atoms with Gasteiger partial charge in [0.05, 0.1) is 11.3 Å². The molecule has 122 valence electrons. The van der Waals surface area contributed by atoms with Gasteiger partial charge in [0.15, 0.2) is 0 Å². The number of anilines is 1. The summed E-state index contributed by atoms with van der Waals surface area (Å²) >= 11 is 0. The standard InChI is InChI=1S/C18H18N4O2/c23-17(24)12-8-22(9-18(12)6-3-7-18)16-14-11-4-1-2-5-13(11)21-15(14)19-10-20-16/h1-2,4-5,10,12H,3,6-9H2,(H,23,24)(H,19,20,21). The average Bonchev–Trinajstić information content (AvgIpc) is 3.13. The molecular formula is C18H18N4O2. The Hall–Kier alpha value is -2.63. The van der Waals surface area contributed by atoms with E-state index < -0.39 is 5.97 Å². The number of H-pyrrole nitrogens is 1. The SMILES string of the molecule is O=C(O)C1CN(c2ncnc3[nH]c4ccccc4c23)CC12CCC2. The van der Waals surface area contributed by atoms with E-state index in [0.717, 1.165) is 53.6 Å². The molecule has 6 nitrogen and oxygen atoms in total. The van der Waals surface area contributed by atoms with E-state index in [4.69, 9.17) is 0 Å². The zero-order valence-electron chi connectivity index (χ0n) is 13.2. The second-order valence-electron chi connectivity index (χ2n) is 7.08. The maximum Gasteiger partial charge on any atom is 0.308 e. The zero-order valence-corrected chi connectivity index (χ0v) is 13.2. The predicted molar refractivity (Wildman–Crippen MR) is 91.0 cm³/mol. The molecule has 3 aromatic rings. The van der Waals surface area contributed by atoms with Crippen LogP contribution in [-0.2, 0) is 4.79 Å². The fraction of sp³-hybridized carbons (Fsp3) is 0.389. The first-order chi connectivity index (χ1) is 11.7. The summed E-state index contributed by atoms with van der Waals surface area (Å²) in [5, 5.41) is 11.7. The fourth-order valence-electron chi connectivity index (χ4n) is 4.50. The lowest BCUT2D eigenvalue weighted by molar-refractivity contribution is -0.146. The number of aromatic nitrogens is 3. The highest BCUT2D eigenvalue weighted by Crippen LogP contribution is 2.52. The van der Waals surface area contributed by atoms with E-state index in [1.54, 1.807) is 6.33 Å². The van der Waals surface area contributed by atoms with Gasteiger partial charge < -0.3 is 15.0 Å². The Kier molecular flexibility index (Phi) is 2.69. The van der Waals surface area contributed by atoms with E-state index in [9.17, 15) is 9.90 Å². The van der Waals surface area contributed by atoms with Crippen molar-refractivity contribution in [3.05, 3.63) is 30.6 Å².